The molecule has 0 unspecified atom stereocenters. The second-order valence-electron chi connectivity index (χ2n) is 6.50. The molecule has 1 saturated heterocycles. The normalized spacial score (nSPS) is 24.0. The Morgan fingerprint density at radius 2 is 1.95 bits per heavy atom. The third kappa shape index (κ3) is 4.62. The van der Waals surface area contributed by atoms with E-state index >= 15 is 0 Å². The number of nitrogens with zero attached hydrogens (tertiary/aromatic N) is 2. The fourth-order valence-electron chi connectivity index (χ4n) is 3.39. The molecule has 2 aliphatic rings. The third-order valence-electron chi connectivity index (χ3n) is 4.85. The Hall–Kier alpha value is -0.830. The molecule has 114 valence electrons. The van der Waals surface area contributed by atoms with E-state index in [0.717, 1.165) is 38.6 Å². The highest BCUT2D eigenvalue weighted by Gasteiger charge is 2.24. The first-order valence-corrected chi connectivity index (χ1v) is 8.31. The topological polar surface area (TPSA) is 23.6 Å². The molecule has 0 aromatic carbocycles. The fraction of sp³-hybridized carbons (Fsp3) is 0.824. The van der Waals surface area contributed by atoms with Crippen molar-refractivity contribution in [3.63, 3.8) is 0 Å². The number of rotatable bonds is 4. The molecule has 2 fully saturated rings. The van der Waals surface area contributed by atoms with Crippen LogP contribution in [0.3, 0.4) is 0 Å². The molecule has 1 aliphatic carbocycles. The van der Waals surface area contributed by atoms with Gasteiger partial charge in [-0.2, -0.15) is 0 Å². The maximum absolute atomic E-state index is 12.3. The van der Waals surface area contributed by atoms with Gasteiger partial charge in [-0.3, -0.25) is 9.69 Å². The average molecular weight is 278 g/mol. The standard InChI is InChI=1S/C17H30N2O/c1-3-15(2)13-18-10-9-17(20)19(12-11-18)14-16-7-5-4-6-8-16/h3,16H,4-14H2,1-2H3. The molecule has 1 saturated carbocycles. The molecule has 1 heterocycles. The Bertz CT molecular complexity index is 345. The molecule has 3 nitrogen and oxygen atoms in total. The van der Waals surface area contributed by atoms with Gasteiger partial charge in [0.1, 0.15) is 0 Å². The van der Waals surface area contributed by atoms with Crippen molar-refractivity contribution >= 4 is 5.91 Å². The van der Waals surface area contributed by atoms with E-state index < -0.39 is 0 Å². The molecule has 20 heavy (non-hydrogen) atoms. The van der Waals surface area contributed by atoms with Gasteiger partial charge in [0.15, 0.2) is 0 Å². The molecule has 0 radical (unpaired) electrons. The lowest BCUT2D eigenvalue weighted by molar-refractivity contribution is -0.131. The molecular formula is C17H30N2O. The van der Waals surface area contributed by atoms with Crippen molar-refractivity contribution in [2.45, 2.75) is 52.4 Å². The van der Waals surface area contributed by atoms with Gasteiger partial charge >= 0.3 is 0 Å². The van der Waals surface area contributed by atoms with Gasteiger partial charge in [-0.05, 0) is 32.6 Å². The number of hydrogen-bond donors (Lipinski definition) is 0. The summed E-state index contributed by atoms with van der Waals surface area (Å²) in [4.78, 5) is 16.8. The van der Waals surface area contributed by atoms with E-state index in [0.29, 0.717) is 12.3 Å². The van der Waals surface area contributed by atoms with Crippen LogP contribution in [0.4, 0.5) is 0 Å². The summed E-state index contributed by atoms with van der Waals surface area (Å²) in [5, 5.41) is 0. The molecule has 3 heteroatoms. The zero-order chi connectivity index (χ0) is 14.4. The van der Waals surface area contributed by atoms with Crippen molar-refractivity contribution < 1.29 is 4.79 Å². The molecule has 0 N–H and O–H groups in total. The third-order valence-corrected chi connectivity index (χ3v) is 4.85. The highest BCUT2D eigenvalue weighted by molar-refractivity contribution is 5.76. The van der Waals surface area contributed by atoms with Gasteiger partial charge in [0, 0.05) is 39.1 Å². The summed E-state index contributed by atoms with van der Waals surface area (Å²) in [7, 11) is 0. The fourth-order valence-corrected chi connectivity index (χ4v) is 3.39. The Morgan fingerprint density at radius 3 is 2.65 bits per heavy atom. The maximum Gasteiger partial charge on any atom is 0.223 e. The lowest BCUT2D eigenvalue weighted by Crippen LogP contribution is -2.37. The summed E-state index contributed by atoms with van der Waals surface area (Å²) in [6.45, 7) is 9.16. The largest absolute Gasteiger partial charge is 0.341 e. The van der Waals surface area contributed by atoms with Crippen LogP contribution in [0.5, 0.6) is 0 Å². The number of hydrogen-bond acceptors (Lipinski definition) is 2. The van der Waals surface area contributed by atoms with Gasteiger partial charge in [0.25, 0.3) is 0 Å². The first-order valence-electron chi connectivity index (χ1n) is 8.31. The van der Waals surface area contributed by atoms with Gasteiger partial charge in [0.05, 0.1) is 0 Å². The zero-order valence-electron chi connectivity index (χ0n) is 13.2. The van der Waals surface area contributed by atoms with Crippen LogP contribution in [-0.4, -0.2) is 48.4 Å². The van der Waals surface area contributed by atoms with Gasteiger partial charge in [0.2, 0.25) is 5.91 Å². The van der Waals surface area contributed by atoms with E-state index in [2.05, 4.69) is 29.7 Å². The Balaban J connectivity index is 1.83. The number of carbonyl (C=O) groups excluding carboxylic acids is 1. The molecule has 1 amide bonds. The second kappa shape index (κ2) is 7.82. The molecule has 1 aliphatic heterocycles. The Kier molecular flexibility index (Phi) is 6.08. The van der Waals surface area contributed by atoms with Crippen molar-refractivity contribution in [1.82, 2.24) is 9.80 Å². The van der Waals surface area contributed by atoms with Crippen molar-refractivity contribution in [2.24, 2.45) is 5.92 Å². The molecule has 0 aromatic rings. The summed E-state index contributed by atoms with van der Waals surface area (Å²) in [6.07, 6.45) is 9.63. The predicted molar refractivity (Wildman–Crippen MR) is 83.6 cm³/mol. The summed E-state index contributed by atoms with van der Waals surface area (Å²) < 4.78 is 0. The lowest BCUT2D eigenvalue weighted by atomic mass is 9.89. The van der Waals surface area contributed by atoms with Crippen LogP contribution in [0.25, 0.3) is 0 Å². The second-order valence-corrected chi connectivity index (χ2v) is 6.50. The highest BCUT2D eigenvalue weighted by Crippen LogP contribution is 2.25. The number of allylic oxidation sites excluding steroid dienone is 1. The Labute approximate surface area is 124 Å². The minimum absolute atomic E-state index is 0.371. The predicted octanol–water partition coefficient (Wildman–Crippen LogP) is 3.07. The van der Waals surface area contributed by atoms with Crippen LogP contribution in [-0.2, 0) is 4.79 Å². The molecule has 2 rings (SSSR count). The van der Waals surface area contributed by atoms with E-state index in [1.54, 1.807) is 0 Å². The number of amides is 1. The minimum atomic E-state index is 0.371. The van der Waals surface area contributed by atoms with Crippen LogP contribution in [0.1, 0.15) is 52.4 Å². The average Bonchev–Trinajstić information content (AvgIpc) is 2.64. The Morgan fingerprint density at radius 1 is 1.20 bits per heavy atom. The van der Waals surface area contributed by atoms with Gasteiger partial charge < -0.3 is 4.90 Å². The van der Waals surface area contributed by atoms with Crippen molar-refractivity contribution in [1.29, 1.82) is 0 Å². The lowest BCUT2D eigenvalue weighted by Gasteiger charge is -2.29. The highest BCUT2D eigenvalue weighted by atomic mass is 16.2. The van der Waals surface area contributed by atoms with Gasteiger partial charge in [-0.25, -0.2) is 0 Å². The van der Waals surface area contributed by atoms with Crippen molar-refractivity contribution in [3.05, 3.63) is 11.6 Å². The van der Waals surface area contributed by atoms with Crippen molar-refractivity contribution in [3.8, 4) is 0 Å². The van der Waals surface area contributed by atoms with E-state index in [1.807, 2.05) is 0 Å². The molecule has 0 atom stereocenters. The van der Waals surface area contributed by atoms with Gasteiger partial charge in [-0.1, -0.05) is 30.9 Å². The molecule has 0 bridgehead atoms. The monoisotopic (exact) mass is 278 g/mol. The van der Waals surface area contributed by atoms with Crippen LogP contribution < -0.4 is 0 Å². The number of carbonyl (C=O) groups is 1. The van der Waals surface area contributed by atoms with Gasteiger partial charge in [-0.15, -0.1) is 0 Å². The summed E-state index contributed by atoms with van der Waals surface area (Å²) in [5.74, 6) is 1.13. The molecule has 0 aromatic heterocycles. The first kappa shape index (κ1) is 15.6. The molecular weight excluding hydrogens is 248 g/mol. The van der Waals surface area contributed by atoms with E-state index in [1.165, 1.54) is 37.7 Å². The summed E-state index contributed by atoms with van der Waals surface area (Å²) >= 11 is 0. The van der Waals surface area contributed by atoms with E-state index in [-0.39, 0.29) is 0 Å². The van der Waals surface area contributed by atoms with E-state index in [4.69, 9.17) is 0 Å². The van der Waals surface area contributed by atoms with Crippen LogP contribution in [0.15, 0.2) is 11.6 Å². The quantitative estimate of drug-likeness (QED) is 0.738. The smallest absolute Gasteiger partial charge is 0.223 e. The van der Waals surface area contributed by atoms with Crippen LogP contribution >= 0.6 is 0 Å². The maximum atomic E-state index is 12.3. The van der Waals surface area contributed by atoms with Crippen molar-refractivity contribution in [2.75, 3.05) is 32.7 Å². The van der Waals surface area contributed by atoms with E-state index in [9.17, 15) is 4.79 Å². The SMILES string of the molecule is CC=C(C)CN1CCC(=O)N(CC2CCCCC2)CC1. The summed E-state index contributed by atoms with van der Waals surface area (Å²) in [6, 6.07) is 0. The minimum Gasteiger partial charge on any atom is -0.341 e. The summed E-state index contributed by atoms with van der Waals surface area (Å²) in [5.41, 5.74) is 1.40. The molecule has 0 spiro atoms. The van der Waals surface area contributed by atoms with Crippen LogP contribution in [0.2, 0.25) is 0 Å². The van der Waals surface area contributed by atoms with Crippen LogP contribution in [0, 0.1) is 5.92 Å². The first-order chi connectivity index (χ1) is 9.69. The zero-order valence-corrected chi connectivity index (χ0v) is 13.2.